The molecule has 0 unspecified atom stereocenters. The summed E-state index contributed by atoms with van der Waals surface area (Å²) in [5.41, 5.74) is 11.1. The summed E-state index contributed by atoms with van der Waals surface area (Å²) in [5.74, 6) is 1.13. The van der Waals surface area contributed by atoms with Gasteiger partial charge in [-0.15, -0.1) is 92.9 Å². The Morgan fingerprint density at radius 3 is 1.16 bits per heavy atom. The Bertz CT molecular complexity index is 1650. The molecule has 0 saturated carbocycles. The van der Waals surface area contributed by atoms with E-state index in [0.717, 1.165) is 0 Å². The summed E-state index contributed by atoms with van der Waals surface area (Å²) in [4.78, 5) is 0. The third-order valence-corrected chi connectivity index (χ3v) is 7.74. The van der Waals surface area contributed by atoms with Crippen LogP contribution in [0, 0.1) is 13.8 Å². The zero-order valence-corrected chi connectivity index (χ0v) is 32.5. The maximum atomic E-state index is 2.34. The van der Waals surface area contributed by atoms with Crippen LogP contribution in [0.15, 0.2) is 109 Å². The van der Waals surface area contributed by atoms with Gasteiger partial charge in [-0.2, -0.15) is 0 Å². The number of fused-ring (bicyclic) bond motifs is 2. The second-order valence-corrected chi connectivity index (χ2v) is 21.5. The van der Waals surface area contributed by atoms with Crippen molar-refractivity contribution in [1.29, 1.82) is 0 Å². The topological polar surface area (TPSA) is 0 Å². The first kappa shape index (κ1) is 38.0. The third kappa shape index (κ3) is 9.40. The molecule has 0 saturated heterocycles. The predicted molar refractivity (Wildman–Crippen MR) is 200 cm³/mol. The Kier molecular flexibility index (Phi) is 15.1. The fourth-order valence-corrected chi connectivity index (χ4v) is 5.54. The van der Waals surface area contributed by atoms with E-state index in [1.165, 1.54) is 66.1 Å². The van der Waals surface area contributed by atoms with Crippen molar-refractivity contribution < 1.29 is 23.3 Å². The largest absolute Gasteiger partial charge is 0.147 e. The molecule has 6 aromatic rings. The molecular weight excluding hydrogens is 671 g/mol. The van der Waals surface area contributed by atoms with Crippen LogP contribution in [0.25, 0.3) is 43.8 Å². The van der Waals surface area contributed by atoms with Crippen LogP contribution in [0.4, 0.5) is 0 Å². The predicted octanol–water partition coefficient (Wildman–Crippen LogP) is 12.9. The van der Waals surface area contributed by atoms with Crippen molar-refractivity contribution in [2.24, 2.45) is 0 Å². The van der Waals surface area contributed by atoms with Gasteiger partial charge in [-0.05, 0) is 11.8 Å². The summed E-state index contributed by atoms with van der Waals surface area (Å²) in [6.45, 7) is 18.1. The molecule has 0 aliphatic heterocycles. The molecule has 0 aliphatic rings. The average molecular weight is 717 g/mol. The van der Waals surface area contributed by atoms with Crippen LogP contribution in [0.5, 0.6) is 0 Å². The van der Waals surface area contributed by atoms with Gasteiger partial charge in [0.25, 0.3) is 0 Å². The molecule has 228 valence electrons. The number of aryl methyl sites for hydroxylation is 2. The average Bonchev–Trinajstić information content (AvgIpc) is 3.61. The van der Waals surface area contributed by atoms with Gasteiger partial charge >= 0.3 is 41.9 Å². The summed E-state index contributed by atoms with van der Waals surface area (Å²) < 4.78 is 0. The van der Waals surface area contributed by atoms with E-state index in [0.29, 0.717) is 11.8 Å². The monoisotopic (exact) mass is 714 g/mol. The second kappa shape index (κ2) is 17.5. The van der Waals surface area contributed by atoms with Gasteiger partial charge in [0.15, 0.2) is 0 Å². The maximum absolute atomic E-state index is 2.34. The van der Waals surface area contributed by atoms with Crippen molar-refractivity contribution in [3.05, 3.63) is 131 Å². The number of halogens is 2. The Morgan fingerprint density at radius 1 is 0.545 bits per heavy atom. The molecule has 6 aromatic carbocycles. The molecule has 6 rings (SSSR count). The first-order chi connectivity index (χ1) is 20.1. The zero-order valence-electron chi connectivity index (χ0n) is 27.4. The number of benzene rings is 4. The quantitative estimate of drug-likeness (QED) is 0.126. The van der Waals surface area contributed by atoms with Gasteiger partial charge in [0.05, 0.1) is 0 Å². The van der Waals surface area contributed by atoms with Gasteiger partial charge in [-0.1, -0.05) is 149 Å². The summed E-state index contributed by atoms with van der Waals surface area (Å²) in [7, 11) is 0. The van der Waals surface area contributed by atoms with Crippen molar-refractivity contribution in [2.45, 2.75) is 66.5 Å². The minimum absolute atomic E-state index is 0. The van der Waals surface area contributed by atoms with Gasteiger partial charge < -0.3 is 0 Å². The molecule has 0 fully saturated rings. The van der Waals surface area contributed by atoms with Crippen molar-refractivity contribution in [1.82, 2.24) is 0 Å². The van der Waals surface area contributed by atoms with Gasteiger partial charge in [0, 0.05) is 0 Å². The number of hydrogen-bond donors (Lipinski definition) is 0. The van der Waals surface area contributed by atoms with Crippen molar-refractivity contribution >= 4 is 51.8 Å². The zero-order chi connectivity index (χ0) is 30.4. The molecule has 0 aliphatic carbocycles. The van der Waals surface area contributed by atoms with Gasteiger partial charge in [0.2, 0.25) is 0 Å². The molecule has 0 heterocycles. The summed E-state index contributed by atoms with van der Waals surface area (Å²) >= 11 is 1.74. The number of hydrogen-bond acceptors (Lipinski definition) is 0. The Morgan fingerprint density at radius 2 is 0.864 bits per heavy atom. The van der Waals surface area contributed by atoms with E-state index >= 15 is 0 Å². The van der Waals surface area contributed by atoms with Gasteiger partial charge in [0.1, 0.15) is 0 Å². The Balaban J connectivity index is 0.000000263. The van der Waals surface area contributed by atoms with Crippen LogP contribution in [-0.2, 0) is 23.3 Å². The Hall–Kier alpha value is -2.22. The smallest absolute Gasteiger partial charge is 0.0289 e. The molecule has 0 aromatic heterocycles. The maximum Gasteiger partial charge on any atom is -0.0289 e. The van der Waals surface area contributed by atoms with Crippen molar-refractivity contribution in [3.63, 3.8) is 0 Å². The summed E-state index contributed by atoms with van der Waals surface area (Å²) in [5, 5.41) is 5.61. The fourth-order valence-electron chi connectivity index (χ4n) is 5.54. The minimum Gasteiger partial charge on any atom is -0.147 e. The van der Waals surface area contributed by atoms with E-state index in [2.05, 4.69) is 164 Å². The SMILES string of the molecule is C[Si](C)=[Zr+2].Cc1ccc(C(C)C)c2cc(-c3ccccc3)[cH-]c12.Cc1ccc(C(C)C)c2cc(-c3ccccc3)[cH-]c12.Cl.Cl. The fraction of sp³-hybridized carbons (Fsp3) is 0.250. The van der Waals surface area contributed by atoms with Crippen LogP contribution < -0.4 is 0 Å². The molecule has 44 heavy (non-hydrogen) atoms. The van der Waals surface area contributed by atoms with Crippen LogP contribution >= 0.6 is 24.8 Å². The van der Waals surface area contributed by atoms with Crippen LogP contribution in [0.1, 0.15) is 61.8 Å². The van der Waals surface area contributed by atoms with Crippen LogP contribution in [0.2, 0.25) is 13.1 Å². The molecule has 0 amide bonds. The van der Waals surface area contributed by atoms with Crippen molar-refractivity contribution in [3.8, 4) is 22.3 Å². The first-order valence-electron chi connectivity index (χ1n) is 15.1. The van der Waals surface area contributed by atoms with E-state index in [-0.39, 0.29) is 30.2 Å². The van der Waals surface area contributed by atoms with Crippen LogP contribution in [-0.4, -0.2) is 5.43 Å². The minimum atomic E-state index is 0. The molecule has 0 nitrogen and oxygen atoms in total. The normalized spacial score (nSPS) is 10.5. The first-order valence-corrected chi connectivity index (χ1v) is 21.3. The van der Waals surface area contributed by atoms with Gasteiger partial charge in [-0.3, -0.25) is 0 Å². The summed E-state index contributed by atoms with van der Waals surface area (Å²) in [6.07, 6.45) is 0. The number of rotatable bonds is 4. The van der Waals surface area contributed by atoms with Crippen molar-refractivity contribution in [2.75, 3.05) is 0 Å². The summed E-state index contributed by atoms with van der Waals surface area (Å²) in [6, 6.07) is 39.6. The molecule has 4 heteroatoms. The molecular formula is C40H46Cl2SiZr. The van der Waals surface area contributed by atoms with Gasteiger partial charge in [-0.25, -0.2) is 0 Å². The molecule has 0 radical (unpaired) electrons. The van der Waals surface area contributed by atoms with E-state index in [1.54, 1.807) is 23.3 Å². The van der Waals surface area contributed by atoms with Crippen LogP contribution in [0.3, 0.4) is 0 Å². The third-order valence-electron chi connectivity index (χ3n) is 7.74. The van der Waals surface area contributed by atoms with E-state index in [9.17, 15) is 0 Å². The van der Waals surface area contributed by atoms with E-state index in [1.807, 2.05) is 0 Å². The van der Waals surface area contributed by atoms with E-state index < -0.39 is 0 Å². The molecule has 0 bridgehead atoms. The molecule has 0 N–H and O–H groups in total. The molecule has 0 spiro atoms. The Labute approximate surface area is 293 Å². The molecule has 0 atom stereocenters. The second-order valence-electron chi connectivity index (χ2n) is 12.1. The van der Waals surface area contributed by atoms with E-state index in [4.69, 9.17) is 0 Å². The standard InChI is InChI=1S/2C19H19.C2H6Si.2ClH.Zr/c2*1-13(2)17-10-9-14(3)18-11-16(12-19(17)18)15-7-5-4-6-8-15;1-3-2;;;/h2*4-13H,1-3H3;1-2H3;2*1H;/q2*-1;;;;+2.